The van der Waals surface area contributed by atoms with Crippen LogP contribution >= 0.6 is 23.2 Å². The molecule has 32 heavy (non-hydrogen) atoms. The zero-order valence-corrected chi connectivity index (χ0v) is 20.5. The SMILES string of the molecule is CC(C)COc1ccccc1CN1CCC2(CCN(C(=O)c3ccc(Cl)cc3Cl)CC2)C1. The standard InChI is InChI=1S/C26H32Cl2N2O2/c1-19(2)17-32-24-6-4-3-5-20(24)16-29-12-9-26(18-29)10-13-30(14-11-26)25(31)22-8-7-21(27)15-23(22)28/h3-8,15,19H,9-14,16-18H2,1-2H3. The van der Waals surface area contributed by atoms with E-state index in [1.165, 1.54) is 12.0 Å². The van der Waals surface area contributed by atoms with Crippen molar-refractivity contribution in [3.8, 4) is 5.75 Å². The number of amides is 1. The molecular formula is C26H32Cl2N2O2. The molecular weight excluding hydrogens is 443 g/mol. The lowest BCUT2D eigenvalue weighted by Crippen LogP contribution is -2.44. The number of nitrogens with zero attached hydrogens (tertiary/aromatic N) is 2. The van der Waals surface area contributed by atoms with Gasteiger partial charge in [-0.05, 0) is 61.4 Å². The fourth-order valence-corrected chi connectivity index (χ4v) is 5.35. The molecule has 0 atom stereocenters. The van der Waals surface area contributed by atoms with Crippen molar-refractivity contribution in [2.45, 2.75) is 39.7 Å². The highest BCUT2D eigenvalue weighted by atomic mass is 35.5. The van der Waals surface area contributed by atoms with E-state index in [9.17, 15) is 4.79 Å². The van der Waals surface area contributed by atoms with E-state index in [4.69, 9.17) is 27.9 Å². The van der Waals surface area contributed by atoms with Crippen molar-refractivity contribution in [3.05, 3.63) is 63.6 Å². The summed E-state index contributed by atoms with van der Waals surface area (Å²) in [4.78, 5) is 17.5. The molecule has 0 unspecified atom stereocenters. The average Bonchev–Trinajstić information content (AvgIpc) is 3.15. The van der Waals surface area contributed by atoms with Crippen LogP contribution in [0.4, 0.5) is 0 Å². The average molecular weight is 475 g/mol. The quantitative estimate of drug-likeness (QED) is 0.502. The minimum atomic E-state index is 0.00704. The summed E-state index contributed by atoms with van der Waals surface area (Å²) in [5.74, 6) is 1.52. The molecule has 2 saturated heterocycles. The van der Waals surface area contributed by atoms with Gasteiger partial charge in [-0.1, -0.05) is 55.2 Å². The van der Waals surface area contributed by atoms with Crippen molar-refractivity contribution < 1.29 is 9.53 Å². The molecule has 2 aliphatic rings. The molecule has 0 saturated carbocycles. The molecule has 6 heteroatoms. The molecule has 0 radical (unpaired) electrons. The maximum absolute atomic E-state index is 13.0. The van der Waals surface area contributed by atoms with E-state index in [0.717, 1.165) is 57.9 Å². The number of rotatable bonds is 6. The van der Waals surface area contributed by atoms with Gasteiger partial charge in [0.15, 0.2) is 0 Å². The molecule has 2 aromatic carbocycles. The summed E-state index contributed by atoms with van der Waals surface area (Å²) in [5.41, 5.74) is 2.10. The minimum absolute atomic E-state index is 0.00704. The number of likely N-dealkylation sites (tertiary alicyclic amines) is 2. The first kappa shape index (κ1) is 23.4. The Balaban J connectivity index is 1.34. The second-order valence-corrected chi connectivity index (χ2v) is 10.5. The number of hydrogen-bond acceptors (Lipinski definition) is 3. The van der Waals surface area contributed by atoms with Crippen LogP contribution in [-0.2, 0) is 6.54 Å². The smallest absolute Gasteiger partial charge is 0.255 e. The zero-order valence-electron chi connectivity index (χ0n) is 18.9. The third kappa shape index (κ3) is 5.41. The van der Waals surface area contributed by atoms with Gasteiger partial charge in [0.1, 0.15) is 5.75 Å². The molecule has 0 aromatic heterocycles. The Morgan fingerprint density at radius 1 is 1.06 bits per heavy atom. The molecule has 1 spiro atoms. The first-order valence-electron chi connectivity index (χ1n) is 11.5. The Morgan fingerprint density at radius 2 is 1.78 bits per heavy atom. The molecule has 0 N–H and O–H groups in total. The number of carbonyl (C=O) groups excluding carboxylic acids is 1. The van der Waals surface area contributed by atoms with Crippen molar-refractivity contribution in [3.63, 3.8) is 0 Å². The maximum Gasteiger partial charge on any atom is 0.255 e. The fourth-order valence-electron chi connectivity index (χ4n) is 4.86. The van der Waals surface area contributed by atoms with Crippen LogP contribution < -0.4 is 4.74 Å². The van der Waals surface area contributed by atoms with Gasteiger partial charge in [0.25, 0.3) is 5.91 Å². The molecule has 2 fully saturated rings. The summed E-state index contributed by atoms with van der Waals surface area (Å²) in [5, 5.41) is 0.972. The molecule has 2 heterocycles. The Labute approximate surface area is 201 Å². The Kier molecular flexibility index (Phi) is 7.34. The van der Waals surface area contributed by atoms with Gasteiger partial charge in [-0.3, -0.25) is 9.69 Å². The van der Waals surface area contributed by atoms with Crippen LogP contribution in [0.15, 0.2) is 42.5 Å². The topological polar surface area (TPSA) is 32.8 Å². The largest absolute Gasteiger partial charge is 0.493 e. The Bertz CT molecular complexity index is 955. The van der Waals surface area contributed by atoms with Gasteiger partial charge in [0.05, 0.1) is 17.2 Å². The van der Waals surface area contributed by atoms with Gasteiger partial charge in [0, 0.05) is 36.8 Å². The number of halogens is 2. The van der Waals surface area contributed by atoms with Crippen LogP contribution in [0.1, 0.15) is 49.0 Å². The van der Waals surface area contributed by atoms with Crippen LogP contribution in [0, 0.1) is 11.3 Å². The van der Waals surface area contributed by atoms with Gasteiger partial charge in [-0.25, -0.2) is 0 Å². The van der Waals surface area contributed by atoms with Crippen molar-refractivity contribution >= 4 is 29.1 Å². The highest BCUT2D eigenvalue weighted by molar-refractivity contribution is 6.36. The highest BCUT2D eigenvalue weighted by Crippen LogP contribution is 2.41. The third-order valence-electron chi connectivity index (χ3n) is 6.73. The normalized spacial score (nSPS) is 18.5. The lowest BCUT2D eigenvalue weighted by atomic mass is 9.77. The fraction of sp³-hybridized carbons (Fsp3) is 0.500. The van der Waals surface area contributed by atoms with E-state index in [2.05, 4.69) is 36.9 Å². The molecule has 2 aromatic rings. The van der Waals surface area contributed by atoms with Crippen molar-refractivity contribution in [1.29, 1.82) is 0 Å². The Morgan fingerprint density at radius 3 is 2.50 bits per heavy atom. The monoisotopic (exact) mass is 474 g/mol. The maximum atomic E-state index is 13.0. The number of benzene rings is 2. The van der Waals surface area contributed by atoms with E-state index in [-0.39, 0.29) is 5.91 Å². The van der Waals surface area contributed by atoms with Crippen LogP contribution in [0.3, 0.4) is 0 Å². The van der Waals surface area contributed by atoms with E-state index >= 15 is 0 Å². The lowest BCUT2D eigenvalue weighted by Gasteiger charge is -2.39. The summed E-state index contributed by atoms with van der Waals surface area (Å²) in [6.45, 7) is 9.72. The van der Waals surface area contributed by atoms with Gasteiger partial charge in [-0.15, -0.1) is 0 Å². The first-order valence-corrected chi connectivity index (χ1v) is 12.3. The van der Waals surface area contributed by atoms with Crippen LogP contribution in [0.5, 0.6) is 5.75 Å². The van der Waals surface area contributed by atoms with Crippen LogP contribution in [-0.4, -0.2) is 48.5 Å². The Hall–Kier alpha value is -1.75. The number of ether oxygens (including phenoxy) is 1. The van der Waals surface area contributed by atoms with Crippen LogP contribution in [0.2, 0.25) is 10.0 Å². The molecule has 172 valence electrons. The van der Waals surface area contributed by atoms with E-state index < -0.39 is 0 Å². The van der Waals surface area contributed by atoms with E-state index in [1.54, 1.807) is 18.2 Å². The molecule has 0 aliphatic carbocycles. The van der Waals surface area contributed by atoms with Crippen LogP contribution in [0.25, 0.3) is 0 Å². The van der Waals surface area contributed by atoms with E-state index in [1.807, 2.05) is 11.0 Å². The van der Waals surface area contributed by atoms with Gasteiger partial charge >= 0.3 is 0 Å². The second kappa shape index (κ2) is 10.0. The predicted molar refractivity (Wildman–Crippen MR) is 131 cm³/mol. The summed E-state index contributed by atoms with van der Waals surface area (Å²) in [6.07, 6.45) is 3.25. The summed E-state index contributed by atoms with van der Waals surface area (Å²) >= 11 is 12.2. The second-order valence-electron chi connectivity index (χ2n) is 9.69. The van der Waals surface area contributed by atoms with Crippen molar-refractivity contribution in [2.75, 3.05) is 32.8 Å². The van der Waals surface area contributed by atoms with E-state index in [0.29, 0.717) is 26.9 Å². The molecule has 4 rings (SSSR count). The molecule has 4 nitrogen and oxygen atoms in total. The number of piperidine rings is 1. The number of hydrogen-bond donors (Lipinski definition) is 0. The van der Waals surface area contributed by atoms with Gasteiger partial charge in [-0.2, -0.15) is 0 Å². The number of carbonyl (C=O) groups is 1. The third-order valence-corrected chi connectivity index (χ3v) is 7.28. The van der Waals surface area contributed by atoms with Crippen molar-refractivity contribution in [1.82, 2.24) is 9.80 Å². The molecule has 2 aliphatic heterocycles. The summed E-state index contributed by atoms with van der Waals surface area (Å²) in [7, 11) is 0. The zero-order chi connectivity index (χ0) is 22.7. The lowest BCUT2D eigenvalue weighted by molar-refractivity contribution is 0.0588. The minimum Gasteiger partial charge on any atom is -0.493 e. The number of para-hydroxylation sites is 1. The van der Waals surface area contributed by atoms with Gasteiger partial charge < -0.3 is 9.64 Å². The highest BCUT2D eigenvalue weighted by Gasteiger charge is 2.41. The van der Waals surface area contributed by atoms with Gasteiger partial charge in [0.2, 0.25) is 0 Å². The summed E-state index contributed by atoms with van der Waals surface area (Å²) in [6, 6.07) is 13.5. The molecule has 0 bridgehead atoms. The van der Waals surface area contributed by atoms with Crippen molar-refractivity contribution in [2.24, 2.45) is 11.3 Å². The molecule has 1 amide bonds. The summed E-state index contributed by atoms with van der Waals surface area (Å²) < 4.78 is 6.06. The predicted octanol–water partition coefficient (Wildman–Crippen LogP) is 6.16. The first-order chi connectivity index (χ1) is 15.3.